The summed E-state index contributed by atoms with van der Waals surface area (Å²) in [6, 6.07) is 7.95. The molecular weight excluding hydrogens is 293 g/mol. The second-order valence-corrected chi connectivity index (χ2v) is 5.03. The van der Waals surface area contributed by atoms with Gasteiger partial charge < -0.3 is 5.11 Å². The first-order valence-electron chi connectivity index (χ1n) is 5.53. The lowest BCUT2D eigenvalue weighted by molar-refractivity contribution is 0.176. The largest absolute Gasteiger partial charge is 0.388 e. The molecule has 1 N–H and O–H groups in total. The molecule has 2 aromatic rings. The standard InChI is InChI=1S/C14H10Cl2F2O/c15-10-2-1-8(13(18)7-10)5-14(19)9-3-11(16)6-12(17)4-9/h1-4,6-7,14,19H,5H2. The van der Waals surface area contributed by atoms with Gasteiger partial charge in [0.25, 0.3) is 0 Å². The lowest BCUT2D eigenvalue weighted by Crippen LogP contribution is -2.04. The number of aliphatic hydroxyl groups is 1. The monoisotopic (exact) mass is 302 g/mol. The zero-order valence-electron chi connectivity index (χ0n) is 9.71. The van der Waals surface area contributed by atoms with Crippen LogP contribution in [0.4, 0.5) is 8.78 Å². The fourth-order valence-electron chi connectivity index (χ4n) is 1.78. The summed E-state index contributed by atoms with van der Waals surface area (Å²) in [7, 11) is 0. The van der Waals surface area contributed by atoms with Crippen LogP contribution in [0.3, 0.4) is 0 Å². The Balaban J connectivity index is 2.22. The van der Waals surface area contributed by atoms with Gasteiger partial charge in [-0.3, -0.25) is 0 Å². The Bertz CT molecular complexity index is 582. The van der Waals surface area contributed by atoms with Crippen LogP contribution < -0.4 is 0 Å². The number of benzene rings is 2. The molecule has 0 aliphatic carbocycles. The molecule has 2 aromatic carbocycles. The predicted molar refractivity (Wildman–Crippen MR) is 71.5 cm³/mol. The normalized spacial score (nSPS) is 12.5. The van der Waals surface area contributed by atoms with E-state index in [2.05, 4.69) is 0 Å². The van der Waals surface area contributed by atoms with Gasteiger partial charge in [0.05, 0.1) is 6.10 Å². The molecule has 2 rings (SSSR count). The highest BCUT2D eigenvalue weighted by molar-refractivity contribution is 6.30. The minimum atomic E-state index is -1.04. The van der Waals surface area contributed by atoms with E-state index in [0.29, 0.717) is 11.1 Å². The van der Waals surface area contributed by atoms with Crippen LogP contribution in [-0.2, 0) is 6.42 Å². The summed E-state index contributed by atoms with van der Waals surface area (Å²) < 4.78 is 26.8. The van der Waals surface area contributed by atoms with Crippen molar-refractivity contribution in [3.8, 4) is 0 Å². The third kappa shape index (κ3) is 3.66. The van der Waals surface area contributed by atoms with Gasteiger partial charge in [0.1, 0.15) is 11.6 Å². The van der Waals surface area contributed by atoms with E-state index in [-0.39, 0.29) is 16.5 Å². The second-order valence-electron chi connectivity index (χ2n) is 4.16. The summed E-state index contributed by atoms with van der Waals surface area (Å²) in [5.41, 5.74) is 0.608. The SMILES string of the molecule is OC(Cc1ccc(Cl)cc1F)c1cc(F)cc(Cl)c1. The van der Waals surface area contributed by atoms with Crippen LogP contribution in [-0.4, -0.2) is 5.11 Å². The van der Waals surface area contributed by atoms with Gasteiger partial charge in [0, 0.05) is 16.5 Å². The molecule has 0 spiro atoms. The topological polar surface area (TPSA) is 20.2 Å². The molecule has 5 heteroatoms. The van der Waals surface area contributed by atoms with Crippen molar-refractivity contribution >= 4 is 23.2 Å². The van der Waals surface area contributed by atoms with Gasteiger partial charge in [-0.15, -0.1) is 0 Å². The molecule has 1 unspecified atom stereocenters. The number of rotatable bonds is 3. The Kier molecular flexibility index (Phi) is 4.40. The minimum absolute atomic E-state index is 0.0167. The molecule has 0 fully saturated rings. The van der Waals surface area contributed by atoms with Crippen molar-refractivity contribution in [2.75, 3.05) is 0 Å². The maximum atomic E-state index is 13.6. The lowest BCUT2D eigenvalue weighted by Gasteiger charge is -2.12. The fourth-order valence-corrected chi connectivity index (χ4v) is 2.17. The van der Waals surface area contributed by atoms with Crippen LogP contribution >= 0.6 is 23.2 Å². The van der Waals surface area contributed by atoms with Gasteiger partial charge in [-0.1, -0.05) is 29.3 Å². The van der Waals surface area contributed by atoms with Crippen molar-refractivity contribution in [2.24, 2.45) is 0 Å². The average Bonchev–Trinajstić information content (AvgIpc) is 2.31. The lowest BCUT2D eigenvalue weighted by atomic mass is 10.0. The first kappa shape index (κ1) is 14.3. The van der Waals surface area contributed by atoms with Crippen LogP contribution in [0.1, 0.15) is 17.2 Å². The molecular formula is C14H10Cl2F2O. The van der Waals surface area contributed by atoms with E-state index in [0.717, 1.165) is 6.07 Å². The summed E-state index contributed by atoms with van der Waals surface area (Å²) in [5.74, 6) is -1.05. The molecule has 0 aliphatic rings. The Morgan fingerprint density at radius 1 is 1.00 bits per heavy atom. The second kappa shape index (κ2) is 5.87. The highest BCUT2D eigenvalue weighted by Gasteiger charge is 2.13. The number of hydrogen-bond donors (Lipinski definition) is 1. The molecule has 0 aliphatic heterocycles. The van der Waals surface area contributed by atoms with Crippen molar-refractivity contribution in [3.05, 3.63) is 69.2 Å². The molecule has 100 valence electrons. The van der Waals surface area contributed by atoms with Gasteiger partial charge in [0.15, 0.2) is 0 Å². The smallest absolute Gasteiger partial charge is 0.127 e. The number of aliphatic hydroxyl groups excluding tert-OH is 1. The Morgan fingerprint density at radius 2 is 1.74 bits per heavy atom. The Labute approximate surface area is 119 Å². The first-order valence-corrected chi connectivity index (χ1v) is 6.29. The van der Waals surface area contributed by atoms with Crippen LogP contribution in [0.5, 0.6) is 0 Å². The van der Waals surface area contributed by atoms with Crippen molar-refractivity contribution in [1.82, 2.24) is 0 Å². The van der Waals surface area contributed by atoms with E-state index >= 15 is 0 Å². The zero-order valence-corrected chi connectivity index (χ0v) is 11.2. The Morgan fingerprint density at radius 3 is 2.37 bits per heavy atom. The Hall–Kier alpha value is -1.16. The van der Waals surface area contributed by atoms with Gasteiger partial charge in [-0.25, -0.2) is 8.78 Å². The summed E-state index contributed by atoms with van der Waals surface area (Å²) in [6.45, 7) is 0. The third-order valence-corrected chi connectivity index (χ3v) is 3.15. The van der Waals surface area contributed by atoms with Crippen molar-refractivity contribution < 1.29 is 13.9 Å². The summed E-state index contributed by atoms with van der Waals surface area (Å²) in [5, 5.41) is 10.5. The summed E-state index contributed by atoms with van der Waals surface area (Å²) >= 11 is 11.3. The zero-order chi connectivity index (χ0) is 14.0. The molecule has 0 aromatic heterocycles. The predicted octanol–water partition coefficient (Wildman–Crippen LogP) is 4.55. The van der Waals surface area contributed by atoms with E-state index < -0.39 is 17.7 Å². The first-order chi connectivity index (χ1) is 8.95. The molecule has 0 saturated heterocycles. The van der Waals surface area contributed by atoms with Crippen molar-refractivity contribution in [1.29, 1.82) is 0 Å². The number of halogens is 4. The highest BCUT2D eigenvalue weighted by atomic mass is 35.5. The molecule has 1 nitrogen and oxygen atoms in total. The van der Waals surface area contributed by atoms with Crippen molar-refractivity contribution in [2.45, 2.75) is 12.5 Å². The summed E-state index contributed by atoms with van der Waals surface area (Å²) in [6.07, 6.45) is -1.02. The average molecular weight is 303 g/mol. The van der Waals surface area contributed by atoms with Crippen molar-refractivity contribution in [3.63, 3.8) is 0 Å². The van der Waals surface area contributed by atoms with E-state index in [1.54, 1.807) is 0 Å². The van der Waals surface area contributed by atoms with E-state index in [1.807, 2.05) is 0 Å². The maximum Gasteiger partial charge on any atom is 0.127 e. The maximum absolute atomic E-state index is 13.6. The van der Waals surface area contributed by atoms with E-state index in [9.17, 15) is 13.9 Å². The molecule has 0 radical (unpaired) electrons. The number of hydrogen-bond acceptors (Lipinski definition) is 1. The van der Waals surface area contributed by atoms with E-state index in [4.69, 9.17) is 23.2 Å². The quantitative estimate of drug-likeness (QED) is 0.882. The van der Waals surface area contributed by atoms with Gasteiger partial charge >= 0.3 is 0 Å². The van der Waals surface area contributed by atoms with Crippen LogP contribution in [0.15, 0.2) is 36.4 Å². The van der Waals surface area contributed by atoms with E-state index in [1.165, 1.54) is 30.3 Å². The van der Waals surface area contributed by atoms with Gasteiger partial charge in [0.2, 0.25) is 0 Å². The molecule has 1 atom stereocenters. The highest BCUT2D eigenvalue weighted by Crippen LogP contribution is 2.25. The van der Waals surface area contributed by atoms with Crippen LogP contribution in [0.2, 0.25) is 10.0 Å². The van der Waals surface area contributed by atoms with Gasteiger partial charge in [-0.05, 0) is 41.5 Å². The molecule has 19 heavy (non-hydrogen) atoms. The van der Waals surface area contributed by atoms with Crippen LogP contribution in [0, 0.1) is 11.6 Å². The fraction of sp³-hybridized carbons (Fsp3) is 0.143. The molecule has 0 heterocycles. The summed E-state index contributed by atoms with van der Waals surface area (Å²) in [4.78, 5) is 0. The molecule has 0 saturated carbocycles. The third-order valence-electron chi connectivity index (χ3n) is 2.70. The van der Waals surface area contributed by atoms with Gasteiger partial charge in [-0.2, -0.15) is 0 Å². The minimum Gasteiger partial charge on any atom is -0.388 e. The van der Waals surface area contributed by atoms with Crippen LogP contribution in [0.25, 0.3) is 0 Å². The molecule has 0 bridgehead atoms. The molecule has 0 amide bonds.